The lowest BCUT2D eigenvalue weighted by Crippen LogP contribution is -2.21. The van der Waals surface area contributed by atoms with Crippen LogP contribution in [0.25, 0.3) is 11.3 Å². The maximum atomic E-state index is 13.5. The van der Waals surface area contributed by atoms with E-state index < -0.39 is 0 Å². The number of allylic oxidation sites excluding steroid dienone is 10. The first-order chi connectivity index (χ1) is 17.5. The molecule has 0 bridgehead atoms. The second-order valence-electron chi connectivity index (χ2n) is 8.49. The van der Waals surface area contributed by atoms with Crippen molar-refractivity contribution in [2.45, 2.75) is 20.3 Å². The van der Waals surface area contributed by atoms with Gasteiger partial charge in [-0.1, -0.05) is 18.2 Å². The summed E-state index contributed by atoms with van der Waals surface area (Å²) in [6.45, 7) is 5.66. The molecule has 4 rings (SSSR count). The highest BCUT2D eigenvalue weighted by Crippen LogP contribution is 2.32. The van der Waals surface area contributed by atoms with Crippen LogP contribution < -0.4 is 0 Å². The zero-order valence-corrected chi connectivity index (χ0v) is 20.3. The van der Waals surface area contributed by atoms with Crippen molar-refractivity contribution in [3.63, 3.8) is 0 Å². The van der Waals surface area contributed by atoms with Crippen LogP contribution in [0.1, 0.15) is 31.4 Å². The van der Waals surface area contributed by atoms with Gasteiger partial charge in [-0.2, -0.15) is 5.26 Å². The largest absolute Gasteiger partial charge is 0.457 e. The molecule has 0 spiro atoms. The predicted octanol–water partition coefficient (Wildman–Crippen LogP) is 7.13. The Bertz CT molecular complexity index is 1390. The average molecular weight is 482 g/mol. The Labute approximate surface area is 210 Å². The molecule has 0 unspecified atom stereocenters. The standard InChI is InChI=1S/C31H27F2N2O/c1-3-35(18-4-17-34)29-15-9-23(22(2)19-29)10-16-30-20-26(24-5-11-27(32)12-6-24)21-31(36-30)25-7-13-28(33)14-8-25/h5-16,19-21H,3-4,18H2,1-2H3/q+1. The SMILES string of the molecule is CC[N+](CCC#N)=C1C=CC(=CC=C2C=C(c3ccc(F)cc3)C=C(c3ccc(F)cc3)O2)C(C)=C1. The molecular formula is C31H27F2N2O+. The molecule has 0 atom stereocenters. The van der Waals surface area contributed by atoms with E-state index >= 15 is 0 Å². The van der Waals surface area contributed by atoms with Crippen molar-refractivity contribution in [2.24, 2.45) is 0 Å². The molecule has 0 saturated heterocycles. The van der Waals surface area contributed by atoms with Gasteiger partial charge in [0, 0.05) is 17.7 Å². The summed E-state index contributed by atoms with van der Waals surface area (Å²) in [5.41, 5.74) is 5.69. The zero-order valence-electron chi connectivity index (χ0n) is 20.3. The number of hydrogen-bond acceptors (Lipinski definition) is 2. The summed E-state index contributed by atoms with van der Waals surface area (Å²) >= 11 is 0. The molecule has 2 aromatic rings. The highest BCUT2D eigenvalue weighted by atomic mass is 19.1. The molecule has 36 heavy (non-hydrogen) atoms. The predicted molar refractivity (Wildman–Crippen MR) is 140 cm³/mol. The van der Waals surface area contributed by atoms with E-state index in [0.717, 1.165) is 40.1 Å². The van der Waals surface area contributed by atoms with Crippen LogP contribution in [-0.4, -0.2) is 23.4 Å². The van der Waals surface area contributed by atoms with E-state index in [9.17, 15) is 8.78 Å². The molecule has 0 amide bonds. The van der Waals surface area contributed by atoms with E-state index in [1.807, 2.05) is 24.3 Å². The molecule has 5 heteroatoms. The normalized spacial score (nSPS) is 18.8. The van der Waals surface area contributed by atoms with Gasteiger partial charge in [-0.05, 0) is 96.8 Å². The van der Waals surface area contributed by atoms with Gasteiger partial charge >= 0.3 is 0 Å². The topological polar surface area (TPSA) is 36.0 Å². The van der Waals surface area contributed by atoms with Crippen LogP contribution in [0.5, 0.6) is 0 Å². The molecule has 180 valence electrons. The third kappa shape index (κ3) is 6.03. The Morgan fingerprint density at radius 2 is 1.56 bits per heavy atom. The number of benzene rings is 2. The van der Waals surface area contributed by atoms with Crippen LogP contribution in [-0.2, 0) is 4.74 Å². The van der Waals surface area contributed by atoms with Crippen molar-refractivity contribution in [2.75, 3.05) is 13.1 Å². The maximum absolute atomic E-state index is 13.5. The van der Waals surface area contributed by atoms with Crippen molar-refractivity contribution in [1.29, 1.82) is 5.26 Å². The highest BCUT2D eigenvalue weighted by Gasteiger charge is 2.16. The number of nitriles is 1. The van der Waals surface area contributed by atoms with E-state index in [-0.39, 0.29) is 11.6 Å². The summed E-state index contributed by atoms with van der Waals surface area (Å²) in [6, 6.07) is 14.6. The summed E-state index contributed by atoms with van der Waals surface area (Å²) in [7, 11) is 0. The van der Waals surface area contributed by atoms with E-state index in [0.29, 0.717) is 24.5 Å². The molecule has 0 N–H and O–H groups in total. The second-order valence-corrected chi connectivity index (χ2v) is 8.49. The van der Waals surface area contributed by atoms with Crippen molar-refractivity contribution in [3.8, 4) is 6.07 Å². The van der Waals surface area contributed by atoms with Gasteiger partial charge in [-0.25, -0.2) is 13.4 Å². The third-order valence-corrected chi connectivity index (χ3v) is 6.04. The average Bonchev–Trinajstić information content (AvgIpc) is 2.89. The van der Waals surface area contributed by atoms with Crippen LogP contribution in [0.2, 0.25) is 0 Å². The fourth-order valence-corrected chi connectivity index (χ4v) is 4.04. The van der Waals surface area contributed by atoms with Gasteiger partial charge in [0.05, 0.1) is 12.5 Å². The first-order valence-corrected chi connectivity index (χ1v) is 11.9. The number of ether oxygens (including phenoxy) is 1. The van der Waals surface area contributed by atoms with E-state index in [1.165, 1.54) is 24.3 Å². The highest BCUT2D eigenvalue weighted by molar-refractivity contribution is 6.03. The minimum Gasteiger partial charge on any atom is -0.457 e. The number of rotatable bonds is 6. The van der Waals surface area contributed by atoms with Crippen LogP contribution in [0.3, 0.4) is 0 Å². The van der Waals surface area contributed by atoms with Crippen LogP contribution in [0.15, 0.2) is 108 Å². The molecule has 0 fully saturated rings. The minimum absolute atomic E-state index is 0.300. The fourth-order valence-electron chi connectivity index (χ4n) is 4.04. The van der Waals surface area contributed by atoms with Crippen LogP contribution in [0.4, 0.5) is 8.78 Å². The Morgan fingerprint density at radius 3 is 2.17 bits per heavy atom. The van der Waals surface area contributed by atoms with Gasteiger partial charge in [-0.15, -0.1) is 0 Å². The Hall–Kier alpha value is -4.30. The minimum atomic E-state index is -0.318. The lowest BCUT2D eigenvalue weighted by Gasteiger charge is -2.18. The van der Waals surface area contributed by atoms with E-state index in [2.05, 4.69) is 42.7 Å². The lowest BCUT2D eigenvalue weighted by molar-refractivity contribution is -0.521. The maximum Gasteiger partial charge on any atom is 0.200 e. The second kappa shape index (κ2) is 11.4. The van der Waals surface area contributed by atoms with Gasteiger partial charge in [0.1, 0.15) is 29.7 Å². The molecule has 3 nitrogen and oxygen atoms in total. The van der Waals surface area contributed by atoms with Crippen LogP contribution in [0, 0.1) is 23.0 Å². The monoisotopic (exact) mass is 481 g/mol. The number of hydrogen-bond donors (Lipinski definition) is 0. The summed E-state index contributed by atoms with van der Waals surface area (Å²) < 4.78 is 35.3. The Morgan fingerprint density at radius 1 is 0.889 bits per heavy atom. The molecule has 1 heterocycles. The third-order valence-electron chi connectivity index (χ3n) is 6.04. The summed E-state index contributed by atoms with van der Waals surface area (Å²) in [6.07, 6.45) is 14.4. The van der Waals surface area contributed by atoms with Gasteiger partial charge in [0.2, 0.25) is 0 Å². The number of nitrogens with zero attached hydrogens (tertiary/aromatic N) is 2. The molecule has 1 aliphatic carbocycles. The molecule has 2 aliphatic rings. The van der Waals surface area contributed by atoms with E-state index in [1.54, 1.807) is 24.3 Å². The first kappa shape index (κ1) is 24.8. The molecule has 0 saturated carbocycles. The van der Waals surface area contributed by atoms with Crippen molar-refractivity contribution < 1.29 is 18.1 Å². The lowest BCUT2D eigenvalue weighted by atomic mass is 9.98. The van der Waals surface area contributed by atoms with Gasteiger partial charge < -0.3 is 4.74 Å². The molecular weight excluding hydrogens is 454 g/mol. The summed E-state index contributed by atoms with van der Waals surface area (Å²) in [4.78, 5) is 0. The van der Waals surface area contributed by atoms with Gasteiger partial charge in [-0.3, -0.25) is 0 Å². The van der Waals surface area contributed by atoms with Crippen LogP contribution >= 0.6 is 0 Å². The number of halogens is 2. The van der Waals surface area contributed by atoms with Crippen molar-refractivity contribution >= 4 is 17.0 Å². The molecule has 1 aliphatic heterocycles. The quantitative estimate of drug-likeness (QED) is 0.412. The smallest absolute Gasteiger partial charge is 0.200 e. The first-order valence-electron chi connectivity index (χ1n) is 11.9. The Kier molecular flexibility index (Phi) is 7.87. The van der Waals surface area contributed by atoms with Crippen molar-refractivity contribution in [3.05, 3.63) is 131 Å². The molecule has 2 aromatic carbocycles. The van der Waals surface area contributed by atoms with Gasteiger partial charge in [0.15, 0.2) is 12.3 Å². The molecule has 0 aromatic heterocycles. The van der Waals surface area contributed by atoms with E-state index in [4.69, 9.17) is 10.00 Å². The fraction of sp³-hybridized carbons (Fsp3) is 0.161. The zero-order chi connectivity index (χ0) is 25.5. The molecule has 0 radical (unpaired) electrons. The van der Waals surface area contributed by atoms with Crippen molar-refractivity contribution in [1.82, 2.24) is 0 Å². The van der Waals surface area contributed by atoms with Gasteiger partial charge in [0.25, 0.3) is 0 Å². The summed E-state index contributed by atoms with van der Waals surface area (Å²) in [5, 5.41) is 8.92. The Balaban J connectivity index is 1.66. The summed E-state index contributed by atoms with van der Waals surface area (Å²) in [5.74, 6) is 0.580.